The first-order valence-corrected chi connectivity index (χ1v) is 7.56. The van der Waals surface area contributed by atoms with Gasteiger partial charge in [-0.05, 0) is 62.3 Å². The zero-order valence-electron chi connectivity index (χ0n) is 11.8. The molecule has 2 nitrogen and oxygen atoms in total. The molecule has 1 unspecified atom stereocenters. The van der Waals surface area contributed by atoms with Crippen molar-refractivity contribution in [1.82, 2.24) is 4.90 Å². The van der Waals surface area contributed by atoms with Gasteiger partial charge in [-0.25, -0.2) is 0 Å². The van der Waals surface area contributed by atoms with Gasteiger partial charge in [-0.15, -0.1) is 0 Å². The average Bonchev–Trinajstić information content (AvgIpc) is 2.98. The van der Waals surface area contributed by atoms with Gasteiger partial charge in [-0.2, -0.15) is 0 Å². The topological polar surface area (TPSA) is 20.3 Å². The SMILES string of the molecule is CC(=O)CC1CCCN1Cc1ccc2c(c1)CCC2. The van der Waals surface area contributed by atoms with Crippen LogP contribution in [0.2, 0.25) is 0 Å². The minimum Gasteiger partial charge on any atom is -0.300 e. The lowest BCUT2D eigenvalue weighted by atomic mass is 10.0. The average molecular weight is 257 g/mol. The fourth-order valence-electron chi connectivity index (χ4n) is 3.62. The molecule has 102 valence electrons. The Balaban J connectivity index is 1.68. The van der Waals surface area contributed by atoms with Crippen molar-refractivity contribution < 1.29 is 4.79 Å². The highest BCUT2D eigenvalue weighted by Crippen LogP contribution is 2.26. The number of likely N-dealkylation sites (tertiary alicyclic amines) is 1. The van der Waals surface area contributed by atoms with Crippen LogP contribution in [0.1, 0.15) is 49.3 Å². The Morgan fingerprint density at radius 2 is 2.11 bits per heavy atom. The molecule has 0 saturated carbocycles. The van der Waals surface area contributed by atoms with E-state index in [2.05, 4.69) is 23.1 Å². The van der Waals surface area contributed by atoms with E-state index in [0.717, 1.165) is 19.5 Å². The highest BCUT2D eigenvalue weighted by Gasteiger charge is 2.25. The first kappa shape index (κ1) is 12.9. The fourth-order valence-corrected chi connectivity index (χ4v) is 3.62. The molecule has 1 heterocycles. The molecule has 1 aliphatic heterocycles. The van der Waals surface area contributed by atoms with Crippen molar-refractivity contribution in [2.24, 2.45) is 0 Å². The third-order valence-electron chi connectivity index (χ3n) is 4.57. The van der Waals surface area contributed by atoms with Gasteiger partial charge in [0.2, 0.25) is 0 Å². The second kappa shape index (κ2) is 5.46. The molecule has 19 heavy (non-hydrogen) atoms. The maximum atomic E-state index is 11.3. The van der Waals surface area contributed by atoms with Crippen LogP contribution in [-0.2, 0) is 24.2 Å². The number of aryl methyl sites for hydroxylation is 2. The second-order valence-corrected chi connectivity index (χ2v) is 6.13. The quantitative estimate of drug-likeness (QED) is 0.826. The van der Waals surface area contributed by atoms with Gasteiger partial charge in [-0.3, -0.25) is 9.69 Å². The van der Waals surface area contributed by atoms with Crippen LogP contribution in [0, 0.1) is 0 Å². The maximum absolute atomic E-state index is 11.3. The molecule has 1 aliphatic carbocycles. The van der Waals surface area contributed by atoms with Crippen molar-refractivity contribution in [3.63, 3.8) is 0 Å². The number of Topliss-reactive ketones (excluding diaryl/α,β-unsaturated/α-hetero) is 1. The molecular formula is C17H23NO. The predicted octanol–water partition coefficient (Wildman–Crippen LogP) is 3.12. The highest BCUT2D eigenvalue weighted by molar-refractivity contribution is 5.76. The number of hydrogen-bond acceptors (Lipinski definition) is 2. The number of carbonyl (C=O) groups excluding carboxylic acids is 1. The second-order valence-electron chi connectivity index (χ2n) is 6.13. The van der Waals surface area contributed by atoms with Crippen molar-refractivity contribution in [1.29, 1.82) is 0 Å². The summed E-state index contributed by atoms with van der Waals surface area (Å²) in [4.78, 5) is 13.8. The van der Waals surface area contributed by atoms with Crippen molar-refractivity contribution in [2.45, 2.75) is 58.0 Å². The van der Waals surface area contributed by atoms with Crippen LogP contribution >= 0.6 is 0 Å². The summed E-state index contributed by atoms with van der Waals surface area (Å²) >= 11 is 0. The van der Waals surface area contributed by atoms with Crippen molar-refractivity contribution in [3.8, 4) is 0 Å². The highest BCUT2D eigenvalue weighted by atomic mass is 16.1. The number of carbonyl (C=O) groups is 1. The number of nitrogens with zero attached hydrogens (tertiary/aromatic N) is 1. The minimum absolute atomic E-state index is 0.325. The molecule has 1 aromatic carbocycles. The van der Waals surface area contributed by atoms with Crippen LogP contribution in [0.3, 0.4) is 0 Å². The third kappa shape index (κ3) is 2.89. The number of rotatable bonds is 4. The largest absolute Gasteiger partial charge is 0.300 e. The van der Waals surface area contributed by atoms with Crippen molar-refractivity contribution >= 4 is 5.78 Å². The van der Waals surface area contributed by atoms with Crippen molar-refractivity contribution in [2.75, 3.05) is 6.54 Å². The smallest absolute Gasteiger partial charge is 0.131 e. The van der Waals surface area contributed by atoms with Gasteiger partial charge in [0, 0.05) is 19.0 Å². The van der Waals surface area contributed by atoms with Crippen LogP contribution in [-0.4, -0.2) is 23.3 Å². The molecule has 2 heteroatoms. The Bertz CT molecular complexity index is 480. The van der Waals surface area contributed by atoms with Gasteiger partial charge >= 0.3 is 0 Å². The number of hydrogen-bond donors (Lipinski definition) is 0. The molecule has 0 spiro atoms. The lowest BCUT2D eigenvalue weighted by Gasteiger charge is -2.24. The molecule has 1 saturated heterocycles. The van der Waals surface area contributed by atoms with E-state index in [1.807, 2.05) is 0 Å². The normalized spacial score (nSPS) is 22.7. The molecule has 1 fully saturated rings. The summed E-state index contributed by atoms with van der Waals surface area (Å²) in [6, 6.07) is 7.47. The van der Waals surface area contributed by atoms with Crippen LogP contribution in [0.4, 0.5) is 0 Å². The van der Waals surface area contributed by atoms with E-state index in [-0.39, 0.29) is 0 Å². The van der Waals surface area contributed by atoms with Gasteiger partial charge in [0.1, 0.15) is 5.78 Å². The summed E-state index contributed by atoms with van der Waals surface area (Å²) in [7, 11) is 0. The summed E-state index contributed by atoms with van der Waals surface area (Å²) in [6.45, 7) is 3.88. The monoisotopic (exact) mass is 257 g/mol. The van der Waals surface area contributed by atoms with E-state index in [1.54, 1.807) is 18.1 Å². The first-order valence-electron chi connectivity index (χ1n) is 7.56. The van der Waals surface area contributed by atoms with Gasteiger partial charge in [0.15, 0.2) is 0 Å². The molecular weight excluding hydrogens is 234 g/mol. The van der Waals surface area contributed by atoms with Crippen LogP contribution in [0.5, 0.6) is 0 Å². The van der Waals surface area contributed by atoms with Crippen LogP contribution < -0.4 is 0 Å². The number of fused-ring (bicyclic) bond motifs is 1. The summed E-state index contributed by atoms with van der Waals surface area (Å²) in [5, 5.41) is 0. The van der Waals surface area contributed by atoms with Gasteiger partial charge in [0.05, 0.1) is 0 Å². The maximum Gasteiger partial charge on any atom is 0.131 e. The van der Waals surface area contributed by atoms with Gasteiger partial charge in [0.25, 0.3) is 0 Å². The summed E-state index contributed by atoms with van der Waals surface area (Å²) < 4.78 is 0. The van der Waals surface area contributed by atoms with E-state index in [0.29, 0.717) is 11.8 Å². The Labute approximate surface area is 115 Å². The van der Waals surface area contributed by atoms with Crippen LogP contribution in [0.25, 0.3) is 0 Å². The molecule has 3 rings (SSSR count). The Morgan fingerprint density at radius 3 is 2.95 bits per heavy atom. The molecule has 2 aliphatic rings. The molecule has 0 radical (unpaired) electrons. The molecule has 0 amide bonds. The lowest BCUT2D eigenvalue weighted by molar-refractivity contribution is -0.118. The molecule has 0 aromatic heterocycles. The Hall–Kier alpha value is -1.15. The first-order chi connectivity index (χ1) is 9.22. The zero-order valence-corrected chi connectivity index (χ0v) is 11.8. The zero-order chi connectivity index (χ0) is 13.2. The fraction of sp³-hybridized carbons (Fsp3) is 0.588. The summed E-state index contributed by atoms with van der Waals surface area (Å²) in [6.07, 6.45) is 6.97. The molecule has 0 bridgehead atoms. The molecule has 0 N–H and O–H groups in total. The van der Waals surface area contributed by atoms with E-state index >= 15 is 0 Å². The van der Waals surface area contributed by atoms with E-state index in [1.165, 1.54) is 37.7 Å². The summed E-state index contributed by atoms with van der Waals surface area (Å²) in [5.74, 6) is 0.325. The standard InChI is InChI=1S/C17H23NO/c1-13(19)10-17-6-3-9-18(17)12-14-7-8-15-4-2-5-16(15)11-14/h7-8,11,17H,2-6,9-10,12H2,1H3. The number of benzene rings is 1. The number of ketones is 1. The Kier molecular flexibility index (Phi) is 3.69. The lowest BCUT2D eigenvalue weighted by Crippen LogP contribution is -2.30. The minimum atomic E-state index is 0.325. The molecule has 1 atom stereocenters. The van der Waals surface area contributed by atoms with E-state index in [4.69, 9.17) is 0 Å². The Morgan fingerprint density at radius 1 is 1.26 bits per heavy atom. The molecule has 1 aromatic rings. The van der Waals surface area contributed by atoms with E-state index in [9.17, 15) is 4.79 Å². The van der Waals surface area contributed by atoms with Crippen LogP contribution in [0.15, 0.2) is 18.2 Å². The third-order valence-corrected chi connectivity index (χ3v) is 4.57. The van der Waals surface area contributed by atoms with Gasteiger partial charge in [-0.1, -0.05) is 18.2 Å². The summed E-state index contributed by atoms with van der Waals surface area (Å²) in [5.41, 5.74) is 4.53. The van der Waals surface area contributed by atoms with Gasteiger partial charge < -0.3 is 0 Å². The predicted molar refractivity (Wildman–Crippen MR) is 77.2 cm³/mol. The van der Waals surface area contributed by atoms with Crippen molar-refractivity contribution in [3.05, 3.63) is 34.9 Å². The van der Waals surface area contributed by atoms with E-state index < -0.39 is 0 Å².